The van der Waals surface area contributed by atoms with Crippen LogP contribution in [0.3, 0.4) is 0 Å². The van der Waals surface area contributed by atoms with Crippen molar-refractivity contribution in [1.29, 1.82) is 0 Å². The zero-order valence-corrected chi connectivity index (χ0v) is 34.3. The number of unbranched alkanes of at least 4 members (excludes halogenated alkanes) is 24. The number of rotatable bonds is 40. The first kappa shape index (κ1) is 49.9. The molecule has 0 amide bonds. The second-order valence-electron chi connectivity index (χ2n) is 14.8. The molecule has 0 saturated heterocycles. The molecule has 0 aromatic carbocycles. The molecule has 0 aliphatic rings. The van der Waals surface area contributed by atoms with E-state index in [-0.39, 0.29) is 25.2 Å². The number of aliphatic hydroxyl groups is 1. The maximum atomic E-state index is 12.2. The lowest BCUT2D eigenvalue weighted by Crippen LogP contribution is -2.28. The minimum absolute atomic E-state index is 0.0809. The first-order valence-corrected chi connectivity index (χ1v) is 22.2. The van der Waals surface area contributed by atoms with Crippen LogP contribution in [0.15, 0.2) is 48.6 Å². The van der Waals surface area contributed by atoms with E-state index in [1.165, 1.54) is 128 Å². The van der Waals surface area contributed by atoms with Crippen LogP contribution in [0.2, 0.25) is 0 Å². The highest BCUT2D eigenvalue weighted by Gasteiger charge is 2.16. The molecular weight excluding hydrogens is 645 g/mol. The Labute approximate surface area is 322 Å². The quantitative estimate of drug-likeness (QED) is 0.0386. The molecule has 0 aromatic heterocycles. The number of aliphatic hydroxyl groups excluding tert-OH is 1. The van der Waals surface area contributed by atoms with Gasteiger partial charge in [-0.25, -0.2) is 0 Å². The van der Waals surface area contributed by atoms with E-state index in [2.05, 4.69) is 62.5 Å². The number of hydrogen-bond acceptors (Lipinski definition) is 5. The van der Waals surface area contributed by atoms with Gasteiger partial charge in [0, 0.05) is 12.8 Å². The highest BCUT2D eigenvalue weighted by atomic mass is 16.6. The second-order valence-corrected chi connectivity index (χ2v) is 14.8. The van der Waals surface area contributed by atoms with E-state index in [4.69, 9.17) is 9.47 Å². The number of carbonyl (C=O) groups excluding carboxylic acids is 2. The number of carbonyl (C=O) groups is 2. The van der Waals surface area contributed by atoms with Crippen LogP contribution in [0.4, 0.5) is 0 Å². The van der Waals surface area contributed by atoms with Gasteiger partial charge in [0.2, 0.25) is 0 Å². The summed E-state index contributed by atoms with van der Waals surface area (Å²) in [5, 5.41) is 9.58. The Bertz CT molecular complexity index is 873. The van der Waals surface area contributed by atoms with Crippen LogP contribution < -0.4 is 0 Å². The summed E-state index contributed by atoms with van der Waals surface area (Å²) < 4.78 is 10.6. The van der Waals surface area contributed by atoms with Crippen molar-refractivity contribution in [2.24, 2.45) is 0 Å². The van der Waals surface area contributed by atoms with Gasteiger partial charge in [0.25, 0.3) is 0 Å². The Balaban J connectivity index is 3.58. The van der Waals surface area contributed by atoms with Crippen molar-refractivity contribution in [1.82, 2.24) is 0 Å². The fourth-order valence-electron chi connectivity index (χ4n) is 6.24. The first-order chi connectivity index (χ1) is 25.6. The van der Waals surface area contributed by atoms with Gasteiger partial charge < -0.3 is 14.6 Å². The summed E-state index contributed by atoms with van der Waals surface area (Å²) in [6.45, 7) is 4.10. The van der Waals surface area contributed by atoms with Crippen LogP contribution >= 0.6 is 0 Å². The van der Waals surface area contributed by atoms with Crippen LogP contribution in [0.1, 0.15) is 219 Å². The molecule has 1 atom stereocenters. The van der Waals surface area contributed by atoms with Crippen LogP contribution in [-0.2, 0) is 19.1 Å². The highest BCUT2D eigenvalue weighted by molar-refractivity contribution is 5.70. The van der Waals surface area contributed by atoms with Crippen molar-refractivity contribution in [3.05, 3.63) is 48.6 Å². The summed E-state index contributed by atoms with van der Waals surface area (Å²) >= 11 is 0. The normalized spacial score (nSPS) is 12.6. The number of allylic oxidation sites excluding steroid dienone is 8. The van der Waals surface area contributed by atoms with E-state index >= 15 is 0 Å². The molecule has 0 aromatic rings. The van der Waals surface area contributed by atoms with E-state index in [0.29, 0.717) is 12.8 Å². The Morgan fingerprint density at radius 2 is 0.769 bits per heavy atom. The molecule has 52 heavy (non-hydrogen) atoms. The average molecular weight is 729 g/mol. The molecule has 0 rings (SSSR count). The van der Waals surface area contributed by atoms with Gasteiger partial charge in [-0.1, -0.05) is 197 Å². The van der Waals surface area contributed by atoms with E-state index in [9.17, 15) is 14.7 Å². The predicted octanol–water partition coefficient (Wildman–Crippen LogP) is 14.2. The maximum Gasteiger partial charge on any atom is 0.306 e. The van der Waals surface area contributed by atoms with E-state index in [1.807, 2.05) is 0 Å². The lowest BCUT2D eigenvalue weighted by atomic mass is 10.0. The van der Waals surface area contributed by atoms with E-state index in [1.54, 1.807) is 0 Å². The van der Waals surface area contributed by atoms with Gasteiger partial charge in [-0.05, 0) is 57.8 Å². The fraction of sp³-hybridized carbons (Fsp3) is 0.787. The van der Waals surface area contributed by atoms with Crippen LogP contribution in [0.5, 0.6) is 0 Å². The van der Waals surface area contributed by atoms with Gasteiger partial charge in [0.15, 0.2) is 6.10 Å². The van der Waals surface area contributed by atoms with Gasteiger partial charge in [-0.2, -0.15) is 0 Å². The monoisotopic (exact) mass is 729 g/mol. The largest absolute Gasteiger partial charge is 0.462 e. The van der Waals surface area contributed by atoms with Gasteiger partial charge >= 0.3 is 11.9 Å². The van der Waals surface area contributed by atoms with Crippen molar-refractivity contribution >= 4 is 11.9 Å². The number of ether oxygens (including phenoxy) is 2. The molecule has 1 unspecified atom stereocenters. The van der Waals surface area contributed by atoms with Gasteiger partial charge in [0.1, 0.15) is 6.61 Å². The molecule has 0 heterocycles. The molecule has 5 heteroatoms. The SMILES string of the molecule is CCCCCC=CCC=CCC=CCC=CCCCCCC(=O)OCC(CO)OC(=O)CCCCCCCCCCCCCCCCCCCCC. The molecule has 0 bridgehead atoms. The van der Waals surface area contributed by atoms with Crippen molar-refractivity contribution in [3.8, 4) is 0 Å². The summed E-state index contributed by atoms with van der Waals surface area (Å²) in [4.78, 5) is 24.3. The van der Waals surface area contributed by atoms with Crippen molar-refractivity contribution < 1.29 is 24.2 Å². The number of esters is 2. The molecule has 0 spiro atoms. The molecule has 0 saturated carbocycles. The van der Waals surface area contributed by atoms with Gasteiger partial charge in [0.05, 0.1) is 6.61 Å². The van der Waals surface area contributed by atoms with Crippen LogP contribution in [0.25, 0.3) is 0 Å². The van der Waals surface area contributed by atoms with E-state index < -0.39 is 6.10 Å². The number of hydrogen-bond donors (Lipinski definition) is 1. The molecule has 302 valence electrons. The molecule has 0 aliphatic carbocycles. The van der Waals surface area contributed by atoms with Crippen molar-refractivity contribution in [2.75, 3.05) is 13.2 Å². The lowest BCUT2D eigenvalue weighted by Gasteiger charge is -2.15. The van der Waals surface area contributed by atoms with Crippen molar-refractivity contribution in [2.45, 2.75) is 225 Å². The lowest BCUT2D eigenvalue weighted by molar-refractivity contribution is -0.161. The smallest absolute Gasteiger partial charge is 0.306 e. The predicted molar refractivity (Wildman–Crippen MR) is 224 cm³/mol. The minimum atomic E-state index is -0.783. The molecule has 5 nitrogen and oxygen atoms in total. The summed E-state index contributed by atoms with van der Waals surface area (Å²) in [7, 11) is 0. The Morgan fingerprint density at radius 1 is 0.442 bits per heavy atom. The second kappa shape index (κ2) is 43.3. The van der Waals surface area contributed by atoms with Gasteiger partial charge in [-0.15, -0.1) is 0 Å². The Hall–Kier alpha value is -2.14. The topological polar surface area (TPSA) is 72.8 Å². The zero-order valence-electron chi connectivity index (χ0n) is 34.3. The third-order valence-electron chi connectivity index (χ3n) is 9.63. The molecular formula is C47H84O5. The fourth-order valence-corrected chi connectivity index (χ4v) is 6.24. The standard InChI is InChI=1S/C47H84O5/c1-3-5-7-9-11-13-15-17-19-21-23-25-27-29-31-33-35-37-39-41-46(49)51-44-45(43-48)52-47(50)42-40-38-36-34-32-30-28-26-24-22-20-18-16-14-12-10-8-6-4-2/h11,13,17,19,23,25,29,31,45,48H,3-10,12,14-16,18,20-22,24,26-28,30,32-44H2,1-2H3. The van der Waals surface area contributed by atoms with Crippen LogP contribution in [0, 0.1) is 0 Å². The van der Waals surface area contributed by atoms with Crippen molar-refractivity contribution in [3.63, 3.8) is 0 Å². The summed E-state index contributed by atoms with van der Waals surface area (Å²) in [5.41, 5.74) is 0. The average Bonchev–Trinajstić information content (AvgIpc) is 3.15. The van der Waals surface area contributed by atoms with Crippen LogP contribution in [-0.4, -0.2) is 36.4 Å². The highest BCUT2D eigenvalue weighted by Crippen LogP contribution is 2.15. The summed E-state index contributed by atoms with van der Waals surface area (Å²) in [6.07, 6.45) is 54.7. The van der Waals surface area contributed by atoms with E-state index in [0.717, 1.165) is 64.2 Å². The third-order valence-corrected chi connectivity index (χ3v) is 9.63. The molecule has 1 N–H and O–H groups in total. The Morgan fingerprint density at radius 3 is 1.19 bits per heavy atom. The van der Waals surface area contributed by atoms with Gasteiger partial charge in [-0.3, -0.25) is 9.59 Å². The Kier molecular flexibility index (Phi) is 41.5. The zero-order chi connectivity index (χ0) is 37.8. The molecule has 0 radical (unpaired) electrons. The summed E-state index contributed by atoms with van der Waals surface area (Å²) in [6, 6.07) is 0. The molecule has 0 aliphatic heterocycles. The maximum absolute atomic E-state index is 12.2. The molecule has 0 fully saturated rings. The minimum Gasteiger partial charge on any atom is -0.462 e. The summed E-state index contributed by atoms with van der Waals surface area (Å²) in [5.74, 6) is -0.620. The third kappa shape index (κ3) is 40.6. The first-order valence-electron chi connectivity index (χ1n) is 22.2.